The second-order valence-corrected chi connectivity index (χ2v) is 6.09. The number of amides is 1. The van der Waals surface area contributed by atoms with Crippen LogP contribution in [0.25, 0.3) is 0 Å². The number of ether oxygens (including phenoxy) is 1. The molecule has 0 atom stereocenters. The average molecular weight is 331 g/mol. The predicted molar refractivity (Wildman–Crippen MR) is 87.4 cm³/mol. The number of hydrogen-bond donors (Lipinski definition) is 1. The molecule has 126 valence electrons. The molecule has 0 heterocycles. The maximum atomic E-state index is 12.3. The zero-order valence-electron chi connectivity index (χ0n) is 13.2. The van der Waals surface area contributed by atoms with Crippen LogP contribution in [0.15, 0.2) is 54.6 Å². The molecule has 3 nitrogen and oxygen atoms in total. The summed E-state index contributed by atoms with van der Waals surface area (Å²) in [6, 6.07) is 16.0. The fraction of sp³-hybridized carbons (Fsp3) is 0.316. The predicted octanol–water partition coefficient (Wildman–Crippen LogP) is 4.14. The molecule has 0 aliphatic heterocycles. The van der Waals surface area contributed by atoms with Crippen molar-refractivity contribution in [2.45, 2.75) is 31.3 Å². The number of rotatable bonds is 6. The number of benzene rings is 2. The number of alkyl halides is 2. The Bertz CT molecular complexity index is 700. The van der Waals surface area contributed by atoms with E-state index in [0.29, 0.717) is 12.1 Å². The van der Waals surface area contributed by atoms with Crippen molar-refractivity contribution in [3.63, 3.8) is 0 Å². The first-order chi connectivity index (χ1) is 11.6. The summed E-state index contributed by atoms with van der Waals surface area (Å²) in [5.41, 5.74) is 1.52. The topological polar surface area (TPSA) is 38.3 Å². The molecule has 1 amide bonds. The number of carbonyl (C=O) groups excluding carboxylic acids is 1. The van der Waals surface area contributed by atoms with Gasteiger partial charge < -0.3 is 10.1 Å². The van der Waals surface area contributed by atoms with Crippen LogP contribution in [0.3, 0.4) is 0 Å². The van der Waals surface area contributed by atoms with E-state index >= 15 is 0 Å². The van der Waals surface area contributed by atoms with Gasteiger partial charge in [0.05, 0.1) is 0 Å². The summed E-state index contributed by atoms with van der Waals surface area (Å²) in [7, 11) is 0. The number of carbonyl (C=O) groups is 1. The molecule has 1 aliphatic rings. The molecule has 3 rings (SSSR count). The van der Waals surface area contributed by atoms with Crippen LogP contribution in [0.1, 0.15) is 35.2 Å². The normalized spacial score (nSPS) is 15.6. The van der Waals surface area contributed by atoms with Crippen LogP contribution in [0.4, 0.5) is 8.78 Å². The van der Waals surface area contributed by atoms with E-state index in [1.54, 1.807) is 6.07 Å². The Labute approximate surface area is 139 Å². The molecule has 0 saturated heterocycles. The molecule has 24 heavy (non-hydrogen) atoms. The molecule has 0 radical (unpaired) electrons. The third kappa shape index (κ3) is 3.55. The lowest BCUT2D eigenvalue weighted by atomic mass is 9.64. The van der Waals surface area contributed by atoms with Crippen LogP contribution in [0.5, 0.6) is 5.75 Å². The van der Waals surface area contributed by atoms with Gasteiger partial charge >= 0.3 is 6.61 Å². The van der Waals surface area contributed by atoms with Crippen LogP contribution in [-0.4, -0.2) is 19.1 Å². The second-order valence-electron chi connectivity index (χ2n) is 6.09. The van der Waals surface area contributed by atoms with Gasteiger partial charge in [0.25, 0.3) is 5.91 Å². The van der Waals surface area contributed by atoms with Crippen LogP contribution in [-0.2, 0) is 5.41 Å². The van der Waals surface area contributed by atoms with E-state index in [4.69, 9.17) is 0 Å². The van der Waals surface area contributed by atoms with Crippen LogP contribution >= 0.6 is 0 Å². The van der Waals surface area contributed by atoms with E-state index in [9.17, 15) is 13.6 Å². The number of halogens is 2. The molecule has 0 unspecified atom stereocenters. The Morgan fingerprint density at radius 1 is 1.12 bits per heavy atom. The standard InChI is InChI=1S/C19H19F2NO2/c20-18(21)24-16-9-4-6-14(12-16)17(23)22-13-19(10-5-11-19)15-7-2-1-3-8-15/h1-4,6-9,12,18H,5,10-11,13H2,(H,22,23). The minimum atomic E-state index is -2.90. The summed E-state index contributed by atoms with van der Waals surface area (Å²) in [5, 5.41) is 2.94. The van der Waals surface area contributed by atoms with Gasteiger partial charge in [0.1, 0.15) is 5.75 Å². The lowest BCUT2D eigenvalue weighted by Crippen LogP contribution is -2.45. The quantitative estimate of drug-likeness (QED) is 0.864. The van der Waals surface area contributed by atoms with Gasteiger partial charge in [0.15, 0.2) is 0 Å². The minimum Gasteiger partial charge on any atom is -0.435 e. The highest BCUT2D eigenvalue weighted by atomic mass is 19.3. The molecule has 1 fully saturated rings. The third-order valence-electron chi connectivity index (χ3n) is 4.61. The van der Waals surface area contributed by atoms with Gasteiger partial charge in [-0.25, -0.2) is 0 Å². The van der Waals surface area contributed by atoms with Crippen molar-refractivity contribution in [1.82, 2.24) is 5.32 Å². The van der Waals surface area contributed by atoms with Gasteiger partial charge in [-0.1, -0.05) is 42.8 Å². The highest BCUT2D eigenvalue weighted by Gasteiger charge is 2.38. The van der Waals surface area contributed by atoms with Crippen LogP contribution in [0, 0.1) is 0 Å². The van der Waals surface area contributed by atoms with Gasteiger partial charge in [-0.2, -0.15) is 8.78 Å². The first-order valence-corrected chi connectivity index (χ1v) is 7.98. The summed E-state index contributed by atoms with van der Waals surface area (Å²) >= 11 is 0. The van der Waals surface area contributed by atoms with E-state index in [0.717, 1.165) is 19.3 Å². The van der Waals surface area contributed by atoms with Gasteiger partial charge in [-0.05, 0) is 36.6 Å². The molecule has 1 saturated carbocycles. The van der Waals surface area contributed by atoms with E-state index in [-0.39, 0.29) is 17.1 Å². The van der Waals surface area contributed by atoms with Crippen LogP contribution in [0.2, 0.25) is 0 Å². The molecule has 5 heteroatoms. The van der Waals surface area contributed by atoms with Crippen molar-refractivity contribution in [3.8, 4) is 5.75 Å². The van der Waals surface area contributed by atoms with E-state index < -0.39 is 6.61 Å². The zero-order valence-corrected chi connectivity index (χ0v) is 13.2. The maximum absolute atomic E-state index is 12.3. The Morgan fingerprint density at radius 2 is 1.88 bits per heavy atom. The summed E-state index contributed by atoms with van der Waals surface area (Å²) in [5.74, 6) is -0.295. The molecule has 0 bridgehead atoms. The van der Waals surface area contributed by atoms with Crippen LogP contribution < -0.4 is 10.1 Å². The van der Waals surface area contributed by atoms with Gasteiger partial charge in [-0.3, -0.25) is 4.79 Å². The second kappa shape index (κ2) is 6.99. The molecular formula is C19H19F2NO2. The van der Waals surface area contributed by atoms with Crippen molar-refractivity contribution < 1.29 is 18.3 Å². The number of nitrogens with one attached hydrogen (secondary N) is 1. The fourth-order valence-corrected chi connectivity index (χ4v) is 3.13. The Kier molecular flexibility index (Phi) is 4.79. The van der Waals surface area contributed by atoms with E-state index in [1.807, 2.05) is 18.2 Å². The zero-order chi connectivity index (χ0) is 17.0. The molecule has 0 aromatic heterocycles. The summed E-state index contributed by atoms with van der Waals surface area (Å²) in [6.07, 6.45) is 3.21. The highest BCUT2D eigenvalue weighted by molar-refractivity contribution is 5.94. The molecule has 1 aliphatic carbocycles. The molecule has 1 N–H and O–H groups in total. The highest BCUT2D eigenvalue weighted by Crippen LogP contribution is 2.43. The lowest BCUT2D eigenvalue weighted by molar-refractivity contribution is -0.0498. The first-order valence-electron chi connectivity index (χ1n) is 7.98. The van der Waals surface area contributed by atoms with E-state index in [2.05, 4.69) is 22.2 Å². The monoisotopic (exact) mass is 331 g/mol. The van der Waals surface area contributed by atoms with Crippen molar-refractivity contribution in [2.75, 3.05) is 6.54 Å². The summed E-state index contributed by atoms with van der Waals surface area (Å²) < 4.78 is 28.9. The van der Waals surface area contributed by atoms with Crippen molar-refractivity contribution in [1.29, 1.82) is 0 Å². The van der Waals surface area contributed by atoms with Gasteiger partial charge in [0.2, 0.25) is 0 Å². The lowest BCUT2D eigenvalue weighted by Gasteiger charge is -2.42. The fourth-order valence-electron chi connectivity index (χ4n) is 3.13. The molecular weight excluding hydrogens is 312 g/mol. The number of hydrogen-bond acceptors (Lipinski definition) is 2. The first kappa shape index (κ1) is 16.4. The maximum Gasteiger partial charge on any atom is 0.387 e. The minimum absolute atomic E-state index is 0.0148. The van der Waals surface area contributed by atoms with Gasteiger partial charge in [-0.15, -0.1) is 0 Å². The molecule has 2 aromatic rings. The largest absolute Gasteiger partial charge is 0.435 e. The smallest absolute Gasteiger partial charge is 0.387 e. The van der Waals surface area contributed by atoms with Crippen molar-refractivity contribution in [3.05, 3.63) is 65.7 Å². The third-order valence-corrected chi connectivity index (χ3v) is 4.61. The van der Waals surface area contributed by atoms with Crippen molar-refractivity contribution >= 4 is 5.91 Å². The SMILES string of the molecule is O=C(NCC1(c2ccccc2)CCC1)c1cccc(OC(F)F)c1. The van der Waals surface area contributed by atoms with Crippen molar-refractivity contribution in [2.24, 2.45) is 0 Å². The average Bonchev–Trinajstić information content (AvgIpc) is 2.54. The Morgan fingerprint density at radius 3 is 2.50 bits per heavy atom. The Balaban J connectivity index is 1.67. The Hall–Kier alpha value is -2.43. The summed E-state index contributed by atoms with van der Waals surface area (Å²) in [4.78, 5) is 12.3. The molecule has 2 aromatic carbocycles. The van der Waals surface area contributed by atoms with E-state index in [1.165, 1.54) is 23.8 Å². The summed E-state index contributed by atoms with van der Waals surface area (Å²) in [6.45, 7) is -2.37. The van der Waals surface area contributed by atoms with Gasteiger partial charge in [0, 0.05) is 17.5 Å². The molecule has 0 spiro atoms.